The van der Waals surface area contributed by atoms with Crippen molar-refractivity contribution in [3.05, 3.63) is 30.1 Å². The molecule has 2 fully saturated rings. The molecular formula is C34H53N11O4. The molecule has 3 heterocycles. The molecule has 2 aromatic heterocycles. The minimum atomic E-state index is -1.09. The van der Waals surface area contributed by atoms with E-state index in [-0.39, 0.29) is 24.8 Å². The summed E-state index contributed by atoms with van der Waals surface area (Å²) in [6.07, 6.45) is 12.6. The Kier molecular flexibility index (Phi) is 13.8. The fraction of sp³-hybridized carbons (Fsp3) is 0.647. The molecule has 0 radical (unpaired) electrons. The molecule has 15 heteroatoms. The summed E-state index contributed by atoms with van der Waals surface area (Å²) in [5.74, 6) is 0.706. The minimum absolute atomic E-state index is 0.0668. The molecule has 1 saturated carbocycles. The lowest BCUT2D eigenvalue weighted by Gasteiger charge is -2.33. The van der Waals surface area contributed by atoms with Gasteiger partial charge in [-0.2, -0.15) is 4.98 Å². The van der Waals surface area contributed by atoms with Crippen LogP contribution in [0.15, 0.2) is 24.4 Å². The SMILES string of the molecule is COc1ccc2c(NC3CCN(C(=O)CC[C@H](N)C(=O)O)CC3)nc(NCc3cn(CCCNCCCNC4CCCCC4)nn3)nc2c1. The van der Waals surface area contributed by atoms with Crippen LogP contribution in [0.5, 0.6) is 5.75 Å². The third-order valence-electron chi connectivity index (χ3n) is 9.40. The van der Waals surface area contributed by atoms with Crippen LogP contribution in [0.25, 0.3) is 10.9 Å². The number of nitrogens with zero attached hydrogens (tertiary/aromatic N) is 6. The Bertz CT molecular complexity index is 1490. The monoisotopic (exact) mass is 679 g/mol. The van der Waals surface area contributed by atoms with Gasteiger partial charge in [-0.15, -0.1) is 5.10 Å². The average Bonchev–Trinajstić information content (AvgIpc) is 3.58. The molecule has 2 aliphatic rings. The van der Waals surface area contributed by atoms with Gasteiger partial charge in [0.25, 0.3) is 0 Å². The predicted octanol–water partition coefficient (Wildman–Crippen LogP) is 2.73. The van der Waals surface area contributed by atoms with Crippen molar-refractivity contribution in [2.75, 3.05) is 50.5 Å². The van der Waals surface area contributed by atoms with Gasteiger partial charge in [0, 0.05) is 49.6 Å². The van der Waals surface area contributed by atoms with Crippen molar-refractivity contribution in [1.29, 1.82) is 0 Å². The van der Waals surface area contributed by atoms with Gasteiger partial charge in [0.15, 0.2) is 0 Å². The lowest BCUT2D eigenvalue weighted by Crippen LogP contribution is -2.43. The van der Waals surface area contributed by atoms with Gasteiger partial charge in [-0.25, -0.2) is 4.98 Å². The molecule has 0 unspecified atom stereocenters. The first kappa shape index (κ1) is 36.2. The van der Waals surface area contributed by atoms with Crippen molar-refractivity contribution in [3.8, 4) is 5.75 Å². The number of carbonyl (C=O) groups excluding carboxylic acids is 1. The van der Waals surface area contributed by atoms with Gasteiger partial charge in [0.1, 0.15) is 23.3 Å². The van der Waals surface area contributed by atoms with Crippen LogP contribution in [0, 0.1) is 0 Å². The Labute approximate surface area is 288 Å². The van der Waals surface area contributed by atoms with Crippen LogP contribution in [0.2, 0.25) is 0 Å². The number of amides is 1. The van der Waals surface area contributed by atoms with Crippen molar-refractivity contribution in [2.24, 2.45) is 5.73 Å². The highest BCUT2D eigenvalue weighted by Crippen LogP contribution is 2.28. The predicted molar refractivity (Wildman–Crippen MR) is 188 cm³/mol. The zero-order valence-electron chi connectivity index (χ0n) is 28.7. The average molecular weight is 680 g/mol. The van der Waals surface area contributed by atoms with Gasteiger partial charge >= 0.3 is 5.97 Å². The van der Waals surface area contributed by atoms with Crippen LogP contribution >= 0.6 is 0 Å². The standard InChI is InChI=1S/C34H53N11O4/c1-49-27-9-10-28-30(21-27)40-34(41-32(28)39-25-13-19-44(20-14-25)31(46)12-11-29(35)33(47)48)38-22-26-23-45(43-42-26)18-6-16-36-15-5-17-37-24-7-3-2-4-8-24/h9-10,21,23-25,29,36-37H,2-8,11-20,22,35H2,1H3,(H,47,48)(H2,38,39,40,41)/t29-/m0/s1. The molecular weight excluding hydrogens is 626 g/mol. The number of hydrogen-bond acceptors (Lipinski definition) is 12. The van der Waals surface area contributed by atoms with Gasteiger partial charge in [0.05, 0.1) is 25.4 Å². The van der Waals surface area contributed by atoms with Crippen LogP contribution < -0.4 is 31.7 Å². The third kappa shape index (κ3) is 11.2. The summed E-state index contributed by atoms with van der Waals surface area (Å²) in [5.41, 5.74) is 7.11. The highest BCUT2D eigenvalue weighted by atomic mass is 16.5. The summed E-state index contributed by atoms with van der Waals surface area (Å²) in [6.45, 7) is 5.41. The van der Waals surface area contributed by atoms with Gasteiger partial charge < -0.3 is 41.7 Å². The maximum Gasteiger partial charge on any atom is 0.320 e. The second-order valence-electron chi connectivity index (χ2n) is 13.1. The first-order chi connectivity index (χ1) is 23.9. The van der Waals surface area contributed by atoms with E-state index in [1.54, 1.807) is 12.0 Å². The molecule has 268 valence electrons. The second kappa shape index (κ2) is 18.6. The highest BCUT2D eigenvalue weighted by Gasteiger charge is 2.25. The summed E-state index contributed by atoms with van der Waals surface area (Å²) in [6, 6.07) is 5.51. The number of carboxylic acid groups (broad SMARTS) is 1. The Morgan fingerprint density at radius 1 is 1.04 bits per heavy atom. The van der Waals surface area contributed by atoms with Crippen LogP contribution in [-0.2, 0) is 22.7 Å². The molecule has 1 atom stereocenters. The largest absolute Gasteiger partial charge is 0.497 e. The number of carbonyl (C=O) groups is 2. The number of carboxylic acids is 1. The smallest absolute Gasteiger partial charge is 0.320 e. The minimum Gasteiger partial charge on any atom is -0.497 e. The van der Waals surface area contributed by atoms with E-state index >= 15 is 0 Å². The number of nitrogens with one attached hydrogen (secondary N) is 4. The number of likely N-dealkylation sites (tertiary alicyclic amines) is 1. The molecule has 1 amide bonds. The number of methoxy groups -OCH3 is 1. The van der Waals surface area contributed by atoms with Crippen molar-refractivity contribution in [1.82, 2.24) is 40.5 Å². The zero-order valence-corrected chi connectivity index (χ0v) is 28.7. The summed E-state index contributed by atoms with van der Waals surface area (Å²) in [4.78, 5) is 34.9. The van der Waals surface area contributed by atoms with Gasteiger partial charge in [-0.1, -0.05) is 24.5 Å². The molecule has 3 aromatic rings. The first-order valence-electron chi connectivity index (χ1n) is 17.8. The quantitative estimate of drug-likeness (QED) is 0.101. The van der Waals surface area contributed by atoms with E-state index < -0.39 is 12.0 Å². The van der Waals surface area contributed by atoms with E-state index in [0.29, 0.717) is 37.1 Å². The van der Waals surface area contributed by atoms with E-state index in [4.69, 9.17) is 25.5 Å². The fourth-order valence-corrected chi connectivity index (χ4v) is 6.47. The molecule has 49 heavy (non-hydrogen) atoms. The third-order valence-corrected chi connectivity index (χ3v) is 9.40. The number of ether oxygens (including phenoxy) is 1. The van der Waals surface area contributed by atoms with Crippen LogP contribution in [0.1, 0.15) is 76.3 Å². The summed E-state index contributed by atoms with van der Waals surface area (Å²) < 4.78 is 7.32. The number of fused-ring (bicyclic) bond motifs is 1. The van der Waals surface area contributed by atoms with Crippen molar-refractivity contribution in [3.63, 3.8) is 0 Å². The number of rotatable bonds is 19. The summed E-state index contributed by atoms with van der Waals surface area (Å²) >= 11 is 0. The Balaban J connectivity index is 1.08. The maximum absolute atomic E-state index is 12.6. The topological polar surface area (TPSA) is 197 Å². The molecule has 1 aliphatic heterocycles. The first-order valence-corrected chi connectivity index (χ1v) is 17.8. The lowest BCUT2D eigenvalue weighted by molar-refractivity contribution is -0.139. The van der Waals surface area contributed by atoms with Crippen molar-refractivity contribution < 1.29 is 19.4 Å². The van der Waals surface area contributed by atoms with Crippen LogP contribution in [0.4, 0.5) is 11.8 Å². The molecule has 1 saturated heterocycles. The summed E-state index contributed by atoms with van der Waals surface area (Å²) in [5, 5.41) is 32.6. The maximum atomic E-state index is 12.6. The van der Waals surface area contributed by atoms with E-state index in [0.717, 1.165) is 74.5 Å². The fourth-order valence-electron chi connectivity index (χ4n) is 6.47. The number of benzene rings is 1. The van der Waals surface area contributed by atoms with E-state index in [9.17, 15) is 9.59 Å². The van der Waals surface area contributed by atoms with E-state index in [1.165, 1.54) is 32.1 Å². The van der Waals surface area contributed by atoms with Gasteiger partial charge in [0.2, 0.25) is 11.9 Å². The van der Waals surface area contributed by atoms with Crippen LogP contribution in [0.3, 0.4) is 0 Å². The molecule has 0 spiro atoms. The lowest BCUT2D eigenvalue weighted by atomic mass is 9.95. The molecule has 5 rings (SSSR count). The molecule has 0 bridgehead atoms. The second-order valence-corrected chi connectivity index (χ2v) is 13.1. The van der Waals surface area contributed by atoms with E-state index in [1.807, 2.05) is 29.1 Å². The number of hydrogen-bond donors (Lipinski definition) is 6. The Morgan fingerprint density at radius 3 is 2.61 bits per heavy atom. The molecule has 15 nitrogen and oxygen atoms in total. The van der Waals surface area contributed by atoms with Gasteiger partial charge in [-0.05, 0) is 76.7 Å². The summed E-state index contributed by atoms with van der Waals surface area (Å²) in [7, 11) is 1.63. The number of anilines is 2. The number of aryl methyl sites for hydroxylation is 1. The highest BCUT2D eigenvalue weighted by molar-refractivity contribution is 5.91. The number of aromatic nitrogens is 5. The molecule has 1 aliphatic carbocycles. The van der Waals surface area contributed by atoms with Crippen molar-refractivity contribution in [2.45, 2.75) is 102 Å². The zero-order chi connectivity index (χ0) is 34.4. The number of aliphatic carboxylic acids is 1. The molecule has 1 aromatic carbocycles. The van der Waals surface area contributed by atoms with E-state index in [2.05, 4.69) is 31.6 Å². The van der Waals surface area contributed by atoms with Crippen molar-refractivity contribution >= 4 is 34.5 Å². The Hall–Kier alpha value is -4.08. The molecule has 7 N–H and O–H groups in total. The Morgan fingerprint density at radius 2 is 1.84 bits per heavy atom. The number of piperidine rings is 1. The number of nitrogens with two attached hydrogens (primary N) is 1. The van der Waals surface area contributed by atoms with Crippen LogP contribution in [-0.4, -0.2) is 105 Å². The normalized spacial score (nSPS) is 16.5. The van der Waals surface area contributed by atoms with Gasteiger partial charge in [-0.3, -0.25) is 14.3 Å².